The Bertz CT molecular complexity index is 403. The van der Waals surface area contributed by atoms with Crippen LogP contribution in [0.3, 0.4) is 0 Å². The summed E-state index contributed by atoms with van der Waals surface area (Å²) in [6, 6.07) is 11.1. The third-order valence-electron chi connectivity index (χ3n) is 3.97. The molecule has 1 heterocycles. The Labute approximate surface area is 125 Å². The summed E-state index contributed by atoms with van der Waals surface area (Å²) in [5.74, 6) is 0. The molecule has 3 nitrogen and oxygen atoms in total. The number of ether oxygens (including phenoxy) is 1. The Hall–Kier alpha value is -1.04. The number of halogens is 2. The monoisotopic (exact) mass is 298 g/mol. The van der Waals surface area contributed by atoms with E-state index in [0.717, 1.165) is 19.5 Å². The average Bonchev–Trinajstić information content (AvgIpc) is 2.52. The molecule has 118 valence electrons. The summed E-state index contributed by atoms with van der Waals surface area (Å²) in [6.45, 7) is 4.57. The molecule has 2 unspecified atom stereocenters. The number of hydrogen-bond donors (Lipinski definition) is 1. The molecule has 1 aliphatic rings. The van der Waals surface area contributed by atoms with Crippen LogP contribution in [0, 0.1) is 0 Å². The first-order chi connectivity index (χ1) is 10.2. The fourth-order valence-electron chi connectivity index (χ4n) is 2.79. The molecule has 0 bridgehead atoms. The van der Waals surface area contributed by atoms with Crippen molar-refractivity contribution in [2.45, 2.75) is 31.9 Å². The molecule has 1 aliphatic heterocycles. The van der Waals surface area contributed by atoms with Gasteiger partial charge in [-0.05, 0) is 12.0 Å². The molecule has 0 saturated carbocycles. The minimum Gasteiger partial charge on any atom is -0.374 e. The highest BCUT2D eigenvalue weighted by molar-refractivity contribution is 5.20. The molecule has 1 aromatic carbocycles. The quantitative estimate of drug-likeness (QED) is 0.783. The van der Waals surface area contributed by atoms with Gasteiger partial charge < -0.3 is 10.1 Å². The summed E-state index contributed by atoms with van der Waals surface area (Å²) in [5, 5.41) is 3.57. The van der Waals surface area contributed by atoms with Crippen LogP contribution in [0.1, 0.15) is 24.9 Å². The molecular formula is C16H24F2N2O. The van der Waals surface area contributed by atoms with Gasteiger partial charge in [-0.15, -0.1) is 0 Å². The van der Waals surface area contributed by atoms with Gasteiger partial charge in [0.1, 0.15) is 6.61 Å². The summed E-state index contributed by atoms with van der Waals surface area (Å²) in [4.78, 5) is 2.35. The number of rotatable bonds is 7. The predicted molar refractivity (Wildman–Crippen MR) is 79.7 cm³/mol. The maximum atomic E-state index is 12.1. The molecule has 1 saturated heterocycles. The minimum atomic E-state index is -2.38. The molecule has 5 heteroatoms. The van der Waals surface area contributed by atoms with Gasteiger partial charge in [0.2, 0.25) is 0 Å². The second kappa shape index (κ2) is 8.41. The summed E-state index contributed by atoms with van der Waals surface area (Å²) < 4.78 is 29.2. The van der Waals surface area contributed by atoms with Crippen molar-refractivity contribution in [3.63, 3.8) is 0 Å². The van der Waals surface area contributed by atoms with Crippen molar-refractivity contribution in [2.75, 3.05) is 32.8 Å². The van der Waals surface area contributed by atoms with Gasteiger partial charge in [-0.25, -0.2) is 8.78 Å². The number of piperazine rings is 1. The van der Waals surface area contributed by atoms with Crippen LogP contribution in [0.5, 0.6) is 0 Å². The van der Waals surface area contributed by atoms with Gasteiger partial charge in [0.15, 0.2) is 0 Å². The summed E-state index contributed by atoms with van der Waals surface area (Å²) in [7, 11) is 0. The van der Waals surface area contributed by atoms with Crippen molar-refractivity contribution in [2.24, 2.45) is 0 Å². The van der Waals surface area contributed by atoms with Crippen molar-refractivity contribution in [3.05, 3.63) is 35.9 Å². The van der Waals surface area contributed by atoms with E-state index in [0.29, 0.717) is 25.2 Å². The first kappa shape index (κ1) is 16.3. The number of alkyl halides is 2. The number of nitrogens with zero attached hydrogens (tertiary/aromatic N) is 1. The van der Waals surface area contributed by atoms with Gasteiger partial charge in [-0.3, -0.25) is 4.90 Å². The highest BCUT2D eigenvalue weighted by Crippen LogP contribution is 2.20. The number of hydrogen-bond acceptors (Lipinski definition) is 3. The van der Waals surface area contributed by atoms with Crippen LogP contribution in [-0.2, 0) is 4.74 Å². The summed E-state index contributed by atoms with van der Waals surface area (Å²) >= 11 is 0. The van der Waals surface area contributed by atoms with Crippen LogP contribution < -0.4 is 5.32 Å². The summed E-state index contributed by atoms with van der Waals surface area (Å²) in [5.41, 5.74) is 1.27. The molecule has 0 amide bonds. The molecule has 21 heavy (non-hydrogen) atoms. The molecule has 0 spiro atoms. The zero-order valence-electron chi connectivity index (χ0n) is 12.5. The van der Waals surface area contributed by atoms with Gasteiger partial charge in [-0.1, -0.05) is 37.3 Å². The lowest BCUT2D eigenvalue weighted by Crippen LogP contribution is -2.53. The fourth-order valence-corrected chi connectivity index (χ4v) is 2.79. The molecule has 1 N–H and O–H groups in total. The van der Waals surface area contributed by atoms with Crippen molar-refractivity contribution in [1.29, 1.82) is 0 Å². The van der Waals surface area contributed by atoms with E-state index in [1.54, 1.807) is 0 Å². The molecule has 0 aliphatic carbocycles. The molecule has 0 radical (unpaired) electrons. The van der Waals surface area contributed by atoms with Gasteiger partial charge in [0.05, 0.1) is 6.61 Å². The SMILES string of the molecule is CCC1CNC(c2ccccc2)CN1CCOCC(F)F. The van der Waals surface area contributed by atoms with Crippen LogP contribution in [0.4, 0.5) is 8.78 Å². The van der Waals surface area contributed by atoms with Crippen LogP contribution >= 0.6 is 0 Å². The van der Waals surface area contributed by atoms with Gasteiger partial charge >= 0.3 is 0 Å². The lowest BCUT2D eigenvalue weighted by molar-refractivity contribution is 0.00101. The Morgan fingerprint density at radius 2 is 2.10 bits per heavy atom. The van der Waals surface area contributed by atoms with Crippen molar-refractivity contribution < 1.29 is 13.5 Å². The topological polar surface area (TPSA) is 24.5 Å². The van der Waals surface area contributed by atoms with Crippen molar-refractivity contribution in [3.8, 4) is 0 Å². The average molecular weight is 298 g/mol. The van der Waals surface area contributed by atoms with E-state index in [2.05, 4.69) is 29.3 Å². The first-order valence-electron chi connectivity index (χ1n) is 7.59. The van der Waals surface area contributed by atoms with E-state index in [4.69, 9.17) is 4.74 Å². The standard InChI is InChI=1S/C16H24F2N2O/c1-2-14-10-19-15(13-6-4-3-5-7-13)11-20(14)8-9-21-12-16(17)18/h3-7,14-16,19H,2,8-12H2,1H3. The predicted octanol–water partition coefficient (Wildman–Crippen LogP) is 2.69. The van der Waals surface area contributed by atoms with E-state index in [1.807, 2.05) is 18.2 Å². The second-order valence-corrected chi connectivity index (χ2v) is 5.39. The molecule has 2 atom stereocenters. The normalized spacial score (nSPS) is 23.6. The van der Waals surface area contributed by atoms with E-state index in [9.17, 15) is 8.78 Å². The minimum absolute atomic E-state index is 0.295. The first-order valence-corrected chi connectivity index (χ1v) is 7.59. The van der Waals surface area contributed by atoms with Crippen LogP contribution in [0.25, 0.3) is 0 Å². The van der Waals surface area contributed by atoms with Crippen LogP contribution in [-0.4, -0.2) is 50.2 Å². The Kier molecular flexibility index (Phi) is 6.54. The molecular weight excluding hydrogens is 274 g/mol. The number of nitrogens with one attached hydrogen (secondary N) is 1. The van der Waals surface area contributed by atoms with E-state index in [-0.39, 0.29) is 0 Å². The highest BCUT2D eigenvalue weighted by Gasteiger charge is 2.27. The second-order valence-electron chi connectivity index (χ2n) is 5.39. The van der Waals surface area contributed by atoms with Gasteiger partial charge in [0.25, 0.3) is 6.43 Å². The van der Waals surface area contributed by atoms with E-state index >= 15 is 0 Å². The van der Waals surface area contributed by atoms with E-state index in [1.165, 1.54) is 5.56 Å². The number of benzene rings is 1. The smallest absolute Gasteiger partial charge is 0.261 e. The van der Waals surface area contributed by atoms with Gasteiger partial charge in [-0.2, -0.15) is 0 Å². The third-order valence-corrected chi connectivity index (χ3v) is 3.97. The maximum absolute atomic E-state index is 12.1. The zero-order valence-corrected chi connectivity index (χ0v) is 12.5. The summed E-state index contributed by atoms with van der Waals surface area (Å²) in [6.07, 6.45) is -1.34. The fraction of sp³-hybridized carbons (Fsp3) is 0.625. The largest absolute Gasteiger partial charge is 0.374 e. The Balaban J connectivity index is 1.87. The molecule has 2 rings (SSSR count). The Morgan fingerprint density at radius 3 is 2.76 bits per heavy atom. The molecule has 1 aromatic rings. The van der Waals surface area contributed by atoms with Crippen LogP contribution in [0.2, 0.25) is 0 Å². The molecule has 1 fully saturated rings. The lowest BCUT2D eigenvalue weighted by atomic mass is 10.0. The molecule has 0 aromatic heterocycles. The highest BCUT2D eigenvalue weighted by atomic mass is 19.3. The Morgan fingerprint density at radius 1 is 1.33 bits per heavy atom. The van der Waals surface area contributed by atoms with Crippen molar-refractivity contribution in [1.82, 2.24) is 10.2 Å². The van der Waals surface area contributed by atoms with Gasteiger partial charge in [0, 0.05) is 31.7 Å². The maximum Gasteiger partial charge on any atom is 0.261 e. The van der Waals surface area contributed by atoms with Crippen LogP contribution in [0.15, 0.2) is 30.3 Å². The van der Waals surface area contributed by atoms with E-state index < -0.39 is 13.0 Å². The lowest BCUT2D eigenvalue weighted by Gasteiger charge is -2.40. The van der Waals surface area contributed by atoms with Crippen molar-refractivity contribution >= 4 is 0 Å². The zero-order chi connectivity index (χ0) is 15.1. The third kappa shape index (κ3) is 5.02.